The number of allylic oxidation sites excluding steroid dienone is 1. The van der Waals surface area contributed by atoms with Gasteiger partial charge in [0, 0.05) is 11.4 Å². The quantitative estimate of drug-likeness (QED) is 0.880. The van der Waals surface area contributed by atoms with Crippen LogP contribution in [0.2, 0.25) is 0 Å². The van der Waals surface area contributed by atoms with Crippen LogP contribution in [0.5, 0.6) is 0 Å². The van der Waals surface area contributed by atoms with Crippen LogP contribution in [-0.2, 0) is 6.42 Å². The highest BCUT2D eigenvalue weighted by molar-refractivity contribution is 5.66. The van der Waals surface area contributed by atoms with Gasteiger partial charge in [-0.25, -0.2) is 0 Å². The standard InChI is InChI=1S/C18H15N3/c1-13(20-17-8-5-14(12-19)6-9-17)21-18-10-7-15-3-2-4-16(15)11-18/h2,4-11,20-21H,1,3H2. The third-order valence-corrected chi connectivity index (χ3v) is 3.39. The fraction of sp³-hybridized carbons (Fsp3) is 0.0556. The molecule has 1 aliphatic carbocycles. The highest BCUT2D eigenvalue weighted by Gasteiger charge is 2.05. The molecule has 0 bridgehead atoms. The van der Waals surface area contributed by atoms with Gasteiger partial charge in [0.1, 0.15) is 5.82 Å². The molecule has 3 heteroatoms. The Kier molecular flexibility index (Phi) is 3.44. The summed E-state index contributed by atoms with van der Waals surface area (Å²) in [4.78, 5) is 0. The first-order valence-electron chi connectivity index (χ1n) is 6.77. The highest BCUT2D eigenvalue weighted by atomic mass is 15.1. The number of rotatable bonds is 4. The first-order chi connectivity index (χ1) is 10.2. The van der Waals surface area contributed by atoms with Gasteiger partial charge in [0.05, 0.1) is 11.6 Å². The third-order valence-electron chi connectivity index (χ3n) is 3.39. The fourth-order valence-electron chi connectivity index (χ4n) is 2.33. The van der Waals surface area contributed by atoms with Crippen LogP contribution in [0.4, 0.5) is 11.4 Å². The fourth-order valence-corrected chi connectivity index (χ4v) is 2.33. The molecule has 0 atom stereocenters. The topological polar surface area (TPSA) is 47.9 Å². The van der Waals surface area contributed by atoms with E-state index < -0.39 is 0 Å². The van der Waals surface area contributed by atoms with Crippen molar-refractivity contribution < 1.29 is 0 Å². The highest BCUT2D eigenvalue weighted by Crippen LogP contribution is 2.23. The molecule has 3 rings (SSSR count). The molecule has 0 saturated carbocycles. The zero-order chi connectivity index (χ0) is 14.7. The Morgan fingerprint density at radius 3 is 2.52 bits per heavy atom. The first-order valence-corrected chi connectivity index (χ1v) is 6.77. The lowest BCUT2D eigenvalue weighted by atomic mass is 10.1. The Bertz CT molecular complexity index is 749. The molecule has 0 spiro atoms. The monoisotopic (exact) mass is 273 g/mol. The molecule has 0 unspecified atom stereocenters. The molecule has 2 N–H and O–H groups in total. The normalized spacial score (nSPS) is 11.6. The van der Waals surface area contributed by atoms with Gasteiger partial charge in [-0.1, -0.05) is 24.8 Å². The molecule has 2 aromatic rings. The second-order valence-corrected chi connectivity index (χ2v) is 4.94. The molecule has 0 aromatic heterocycles. The van der Waals surface area contributed by atoms with Gasteiger partial charge < -0.3 is 10.6 Å². The van der Waals surface area contributed by atoms with Crippen molar-refractivity contribution in [2.24, 2.45) is 0 Å². The summed E-state index contributed by atoms with van der Waals surface area (Å²) in [5, 5.41) is 15.2. The zero-order valence-electron chi connectivity index (χ0n) is 11.6. The van der Waals surface area contributed by atoms with E-state index in [1.807, 2.05) is 12.1 Å². The summed E-state index contributed by atoms with van der Waals surface area (Å²) in [6.45, 7) is 3.98. The zero-order valence-corrected chi connectivity index (χ0v) is 11.6. The van der Waals surface area contributed by atoms with Crippen LogP contribution in [0.15, 0.2) is 60.9 Å². The van der Waals surface area contributed by atoms with E-state index in [-0.39, 0.29) is 0 Å². The van der Waals surface area contributed by atoms with Gasteiger partial charge in [-0.3, -0.25) is 0 Å². The summed E-state index contributed by atoms with van der Waals surface area (Å²) in [5.74, 6) is 0.696. The van der Waals surface area contributed by atoms with Crippen molar-refractivity contribution in [3.05, 3.63) is 77.6 Å². The summed E-state index contributed by atoms with van der Waals surface area (Å²) >= 11 is 0. The molecule has 0 saturated heterocycles. The lowest BCUT2D eigenvalue weighted by molar-refractivity contribution is 1.30. The molecular formula is C18H15N3. The summed E-state index contributed by atoms with van der Waals surface area (Å²) in [5.41, 5.74) is 5.15. The van der Waals surface area contributed by atoms with Crippen molar-refractivity contribution in [1.29, 1.82) is 5.26 Å². The number of nitriles is 1. The maximum absolute atomic E-state index is 8.78. The van der Waals surface area contributed by atoms with Crippen molar-refractivity contribution >= 4 is 17.5 Å². The molecule has 3 nitrogen and oxygen atoms in total. The number of anilines is 2. The summed E-state index contributed by atoms with van der Waals surface area (Å²) in [6, 6.07) is 15.7. The van der Waals surface area contributed by atoms with Gasteiger partial charge in [-0.2, -0.15) is 5.26 Å². The summed E-state index contributed by atoms with van der Waals surface area (Å²) in [6.07, 6.45) is 5.32. The first kappa shape index (κ1) is 13.0. The van der Waals surface area contributed by atoms with Crippen molar-refractivity contribution in [3.63, 3.8) is 0 Å². The minimum Gasteiger partial charge on any atom is -0.342 e. The smallest absolute Gasteiger partial charge is 0.100 e. The summed E-state index contributed by atoms with van der Waals surface area (Å²) < 4.78 is 0. The van der Waals surface area contributed by atoms with Crippen LogP contribution in [0.1, 0.15) is 16.7 Å². The Balaban J connectivity index is 1.66. The molecule has 1 aliphatic rings. The van der Waals surface area contributed by atoms with Crippen LogP contribution in [0.25, 0.3) is 6.08 Å². The molecule has 102 valence electrons. The van der Waals surface area contributed by atoms with Crippen molar-refractivity contribution in [3.8, 4) is 6.07 Å². The lowest BCUT2D eigenvalue weighted by Crippen LogP contribution is -2.08. The second kappa shape index (κ2) is 5.56. The molecule has 21 heavy (non-hydrogen) atoms. The predicted octanol–water partition coefficient (Wildman–Crippen LogP) is 4.12. The van der Waals surface area contributed by atoms with Crippen LogP contribution in [0, 0.1) is 11.3 Å². The van der Waals surface area contributed by atoms with Crippen molar-refractivity contribution in [2.75, 3.05) is 10.6 Å². The average molecular weight is 273 g/mol. The minimum absolute atomic E-state index is 0.643. The van der Waals surface area contributed by atoms with Crippen LogP contribution in [0.3, 0.4) is 0 Å². The SMILES string of the molecule is C=C(Nc1ccc(C#N)cc1)Nc1ccc2c(c1)C=CC2. The van der Waals surface area contributed by atoms with Crippen molar-refractivity contribution in [1.82, 2.24) is 0 Å². The molecule has 0 amide bonds. The Hall–Kier alpha value is -2.99. The van der Waals surface area contributed by atoms with E-state index in [0.717, 1.165) is 17.8 Å². The Morgan fingerprint density at radius 1 is 1.05 bits per heavy atom. The molecular weight excluding hydrogens is 258 g/mol. The van der Waals surface area contributed by atoms with E-state index in [1.54, 1.807) is 12.1 Å². The van der Waals surface area contributed by atoms with Gasteiger partial charge >= 0.3 is 0 Å². The lowest BCUT2D eigenvalue weighted by Gasteiger charge is -2.13. The molecule has 0 radical (unpaired) electrons. The Labute approximate surface area is 124 Å². The van der Waals surface area contributed by atoms with E-state index in [2.05, 4.69) is 53.6 Å². The predicted molar refractivity (Wildman–Crippen MR) is 86.7 cm³/mol. The number of nitrogens with zero attached hydrogens (tertiary/aromatic N) is 1. The van der Waals surface area contributed by atoms with E-state index in [9.17, 15) is 0 Å². The number of nitrogens with one attached hydrogen (secondary N) is 2. The van der Waals surface area contributed by atoms with Gasteiger partial charge in [0.2, 0.25) is 0 Å². The third kappa shape index (κ3) is 2.96. The minimum atomic E-state index is 0.643. The van der Waals surface area contributed by atoms with Crippen LogP contribution in [-0.4, -0.2) is 0 Å². The maximum atomic E-state index is 8.78. The van der Waals surface area contributed by atoms with E-state index in [0.29, 0.717) is 11.4 Å². The van der Waals surface area contributed by atoms with E-state index >= 15 is 0 Å². The molecule has 0 fully saturated rings. The van der Waals surface area contributed by atoms with Crippen LogP contribution >= 0.6 is 0 Å². The van der Waals surface area contributed by atoms with Crippen LogP contribution < -0.4 is 10.6 Å². The largest absolute Gasteiger partial charge is 0.342 e. The van der Waals surface area contributed by atoms with Gasteiger partial charge in [-0.15, -0.1) is 0 Å². The van der Waals surface area contributed by atoms with Gasteiger partial charge in [0.25, 0.3) is 0 Å². The number of benzene rings is 2. The Morgan fingerprint density at radius 2 is 1.76 bits per heavy atom. The van der Waals surface area contributed by atoms with Gasteiger partial charge in [-0.05, 0) is 53.9 Å². The molecule has 0 aliphatic heterocycles. The maximum Gasteiger partial charge on any atom is 0.100 e. The van der Waals surface area contributed by atoms with E-state index in [1.165, 1.54) is 11.1 Å². The van der Waals surface area contributed by atoms with E-state index in [4.69, 9.17) is 5.26 Å². The summed E-state index contributed by atoms with van der Waals surface area (Å²) in [7, 11) is 0. The number of hydrogen-bond donors (Lipinski definition) is 2. The number of hydrogen-bond acceptors (Lipinski definition) is 3. The molecule has 0 heterocycles. The molecule has 2 aromatic carbocycles. The number of fused-ring (bicyclic) bond motifs is 1. The van der Waals surface area contributed by atoms with Gasteiger partial charge in [0.15, 0.2) is 0 Å². The average Bonchev–Trinajstić information content (AvgIpc) is 2.95. The second-order valence-electron chi connectivity index (χ2n) is 4.94. The van der Waals surface area contributed by atoms with Crippen molar-refractivity contribution in [2.45, 2.75) is 6.42 Å².